The molecule has 0 unspecified atom stereocenters. The van der Waals surface area contributed by atoms with Crippen LogP contribution in [0.3, 0.4) is 0 Å². The van der Waals surface area contributed by atoms with Gasteiger partial charge in [-0.15, -0.1) is 0 Å². The van der Waals surface area contributed by atoms with Crippen molar-refractivity contribution in [1.29, 1.82) is 0 Å². The van der Waals surface area contributed by atoms with E-state index in [0.29, 0.717) is 0 Å². The summed E-state index contributed by atoms with van der Waals surface area (Å²) < 4.78 is 0. The van der Waals surface area contributed by atoms with Crippen LogP contribution in [0.25, 0.3) is 0 Å². The van der Waals surface area contributed by atoms with Gasteiger partial charge in [-0.1, -0.05) is 6.07 Å². The number of carbonyl (C=O) groups is 2. The van der Waals surface area contributed by atoms with Gasteiger partial charge in [0, 0.05) is 12.7 Å². The molecule has 0 saturated carbocycles. The lowest BCUT2D eigenvalue weighted by Crippen LogP contribution is -2.41. The standard InChI is InChI=1S/C12H17N3O2/c1-8-4-9(2)6-10(5-8)15(3)7-11(16)14-12(13)17/h4-6H,7H2,1-3H3,(H3,13,14,16,17). The fraction of sp³-hybridized carbons (Fsp3) is 0.333. The molecule has 0 heterocycles. The molecule has 0 aliphatic carbocycles. The number of rotatable bonds is 3. The minimum Gasteiger partial charge on any atom is -0.365 e. The molecule has 1 rings (SSSR count). The first-order chi connectivity index (χ1) is 7.88. The van der Waals surface area contributed by atoms with E-state index >= 15 is 0 Å². The van der Waals surface area contributed by atoms with Crippen LogP contribution in [0, 0.1) is 13.8 Å². The molecule has 5 nitrogen and oxygen atoms in total. The molecule has 1 aromatic rings. The van der Waals surface area contributed by atoms with E-state index in [-0.39, 0.29) is 6.54 Å². The number of benzene rings is 1. The summed E-state index contributed by atoms with van der Waals surface area (Å²) in [7, 11) is 1.79. The summed E-state index contributed by atoms with van der Waals surface area (Å²) in [5.41, 5.74) is 8.05. The zero-order valence-electron chi connectivity index (χ0n) is 10.3. The highest BCUT2D eigenvalue weighted by atomic mass is 16.2. The van der Waals surface area contributed by atoms with Gasteiger partial charge in [-0.25, -0.2) is 4.79 Å². The van der Waals surface area contributed by atoms with Crippen molar-refractivity contribution in [3.05, 3.63) is 29.3 Å². The Balaban J connectivity index is 2.72. The van der Waals surface area contributed by atoms with E-state index in [2.05, 4.69) is 6.07 Å². The molecule has 3 amide bonds. The Morgan fingerprint density at radius 1 is 1.24 bits per heavy atom. The minimum absolute atomic E-state index is 0.0891. The number of amides is 3. The molecule has 5 heteroatoms. The number of likely N-dealkylation sites (N-methyl/N-ethyl adjacent to an activating group) is 1. The molecule has 0 spiro atoms. The van der Waals surface area contributed by atoms with Crippen LogP contribution < -0.4 is 16.0 Å². The molecule has 0 aromatic heterocycles. The van der Waals surface area contributed by atoms with Crippen LogP contribution in [0.2, 0.25) is 0 Å². The maximum atomic E-state index is 11.4. The third-order valence-electron chi connectivity index (χ3n) is 2.29. The van der Waals surface area contributed by atoms with Crippen molar-refractivity contribution in [1.82, 2.24) is 5.32 Å². The second-order valence-electron chi connectivity index (χ2n) is 4.11. The van der Waals surface area contributed by atoms with Crippen LogP contribution >= 0.6 is 0 Å². The summed E-state index contributed by atoms with van der Waals surface area (Å²) in [6, 6.07) is 5.18. The SMILES string of the molecule is Cc1cc(C)cc(N(C)CC(=O)NC(N)=O)c1. The maximum absolute atomic E-state index is 11.4. The van der Waals surface area contributed by atoms with Gasteiger partial charge >= 0.3 is 6.03 Å². The number of urea groups is 1. The minimum atomic E-state index is -0.830. The number of nitrogens with one attached hydrogen (secondary N) is 1. The molecule has 1 aromatic carbocycles. The quantitative estimate of drug-likeness (QED) is 0.818. The van der Waals surface area contributed by atoms with E-state index < -0.39 is 11.9 Å². The number of nitrogens with zero attached hydrogens (tertiary/aromatic N) is 1. The molecular weight excluding hydrogens is 218 g/mol. The van der Waals surface area contributed by atoms with Crippen molar-refractivity contribution in [2.45, 2.75) is 13.8 Å². The first kappa shape index (κ1) is 13.0. The van der Waals surface area contributed by atoms with Crippen molar-refractivity contribution in [2.75, 3.05) is 18.5 Å². The van der Waals surface area contributed by atoms with Crippen molar-refractivity contribution in [3.63, 3.8) is 0 Å². The van der Waals surface area contributed by atoms with Crippen molar-refractivity contribution in [2.24, 2.45) is 5.73 Å². The number of primary amides is 1. The van der Waals surface area contributed by atoms with Gasteiger partial charge < -0.3 is 10.6 Å². The molecule has 92 valence electrons. The number of anilines is 1. The molecular formula is C12H17N3O2. The Morgan fingerprint density at radius 3 is 2.24 bits per heavy atom. The van der Waals surface area contributed by atoms with E-state index in [1.165, 1.54) is 0 Å². The summed E-state index contributed by atoms with van der Waals surface area (Å²) >= 11 is 0. The first-order valence-corrected chi connectivity index (χ1v) is 5.27. The van der Waals surface area contributed by atoms with Crippen LogP contribution in [0.4, 0.5) is 10.5 Å². The number of aryl methyl sites for hydroxylation is 2. The molecule has 0 radical (unpaired) electrons. The van der Waals surface area contributed by atoms with Crippen molar-refractivity contribution >= 4 is 17.6 Å². The van der Waals surface area contributed by atoms with Gasteiger partial charge in [0.05, 0.1) is 6.54 Å². The number of imide groups is 1. The van der Waals surface area contributed by atoms with Crippen LogP contribution in [0.5, 0.6) is 0 Å². The Kier molecular flexibility index (Phi) is 4.09. The smallest absolute Gasteiger partial charge is 0.318 e. The van der Waals surface area contributed by atoms with E-state index in [1.807, 2.05) is 31.3 Å². The third-order valence-corrected chi connectivity index (χ3v) is 2.29. The van der Waals surface area contributed by atoms with Gasteiger partial charge in [0.15, 0.2) is 0 Å². The number of hydrogen-bond acceptors (Lipinski definition) is 3. The fourth-order valence-corrected chi connectivity index (χ4v) is 1.65. The van der Waals surface area contributed by atoms with E-state index in [0.717, 1.165) is 16.8 Å². The number of carbonyl (C=O) groups excluding carboxylic acids is 2. The molecule has 0 atom stereocenters. The Labute approximate surface area is 101 Å². The van der Waals surface area contributed by atoms with Crippen LogP contribution in [-0.2, 0) is 4.79 Å². The lowest BCUT2D eigenvalue weighted by molar-refractivity contribution is -0.118. The van der Waals surface area contributed by atoms with Gasteiger partial charge in [-0.05, 0) is 37.1 Å². The second-order valence-corrected chi connectivity index (χ2v) is 4.11. The Bertz CT molecular complexity index is 423. The summed E-state index contributed by atoms with van der Waals surface area (Å²) in [5, 5.41) is 2.03. The lowest BCUT2D eigenvalue weighted by atomic mass is 10.1. The average Bonchev–Trinajstić information content (AvgIpc) is 2.14. The summed E-state index contributed by atoms with van der Waals surface area (Å²) in [5.74, 6) is -0.417. The first-order valence-electron chi connectivity index (χ1n) is 5.27. The van der Waals surface area contributed by atoms with Crippen LogP contribution in [0.1, 0.15) is 11.1 Å². The zero-order chi connectivity index (χ0) is 13.0. The van der Waals surface area contributed by atoms with E-state index in [4.69, 9.17) is 5.73 Å². The molecule has 0 saturated heterocycles. The highest BCUT2D eigenvalue weighted by molar-refractivity contribution is 5.95. The molecule has 0 aliphatic rings. The maximum Gasteiger partial charge on any atom is 0.318 e. The zero-order valence-corrected chi connectivity index (χ0v) is 10.3. The van der Waals surface area contributed by atoms with Crippen LogP contribution in [-0.4, -0.2) is 25.5 Å². The van der Waals surface area contributed by atoms with Gasteiger partial charge in [0.2, 0.25) is 5.91 Å². The average molecular weight is 235 g/mol. The number of hydrogen-bond donors (Lipinski definition) is 2. The highest BCUT2D eigenvalue weighted by Gasteiger charge is 2.09. The van der Waals surface area contributed by atoms with E-state index in [1.54, 1.807) is 11.9 Å². The Morgan fingerprint density at radius 2 is 1.76 bits per heavy atom. The van der Waals surface area contributed by atoms with Gasteiger partial charge in [0.1, 0.15) is 0 Å². The molecule has 3 N–H and O–H groups in total. The predicted molar refractivity (Wildman–Crippen MR) is 66.9 cm³/mol. The largest absolute Gasteiger partial charge is 0.365 e. The van der Waals surface area contributed by atoms with Crippen molar-refractivity contribution in [3.8, 4) is 0 Å². The van der Waals surface area contributed by atoms with Gasteiger partial charge in [-0.2, -0.15) is 0 Å². The lowest BCUT2D eigenvalue weighted by Gasteiger charge is -2.19. The molecule has 0 bridgehead atoms. The monoisotopic (exact) mass is 235 g/mol. The third kappa shape index (κ3) is 4.14. The summed E-state index contributed by atoms with van der Waals surface area (Å²) in [6.45, 7) is 4.08. The van der Waals surface area contributed by atoms with Gasteiger partial charge in [0.25, 0.3) is 0 Å². The topological polar surface area (TPSA) is 75.4 Å². The molecule has 17 heavy (non-hydrogen) atoms. The summed E-state index contributed by atoms with van der Waals surface area (Å²) in [6.07, 6.45) is 0. The number of nitrogens with two attached hydrogens (primary N) is 1. The summed E-state index contributed by atoms with van der Waals surface area (Å²) in [4.78, 5) is 23.6. The second kappa shape index (κ2) is 5.34. The van der Waals surface area contributed by atoms with Crippen molar-refractivity contribution < 1.29 is 9.59 Å². The van der Waals surface area contributed by atoms with E-state index in [9.17, 15) is 9.59 Å². The Hall–Kier alpha value is -2.04. The van der Waals surface area contributed by atoms with Gasteiger partial charge in [-0.3, -0.25) is 10.1 Å². The normalized spacial score (nSPS) is 9.82. The predicted octanol–water partition coefficient (Wildman–Crippen LogP) is 0.935. The molecule has 0 aliphatic heterocycles. The highest BCUT2D eigenvalue weighted by Crippen LogP contribution is 2.16. The fourth-order valence-electron chi connectivity index (χ4n) is 1.65. The van der Waals surface area contributed by atoms with Crippen LogP contribution in [0.15, 0.2) is 18.2 Å². The molecule has 0 fully saturated rings.